The zero-order valence-electron chi connectivity index (χ0n) is 11.1. The van der Waals surface area contributed by atoms with Crippen molar-refractivity contribution in [3.05, 3.63) is 71.3 Å². The molecule has 0 aliphatic heterocycles. The maximum Gasteiger partial charge on any atom is 0.150 e. The fourth-order valence-electron chi connectivity index (χ4n) is 1.80. The lowest BCUT2D eigenvalue weighted by Crippen LogP contribution is -2.05. The largest absolute Gasteiger partial charge is 0.245 e. The summed E-state index contributed by atoms with van der Waals surface area (Å²) < 4.78 is 1.68. The maximum absolute atomic E-state index is 5.86. The molecule has 0 fully saturated rings. The Labute approximate surface area is 127 Å². The fourth-order valence-corrected chi connectivity index (χ4v) is 1.92. The number of aromatic nitrogens is 5. The average molecular weight is 298 g/mol. The molecule has 21 heavy (non-hydrogen) atoms. The van der Waals surface area contributed by atoms with E-state index in [-0.39, 0.29) is 0 Å². The van der Waals surface area contributed by atoms with E-state index in [9.17, 15) is 0 Å². The van der Waals surface area contributed by atoms with E-state index in [0.717, 1.165) is 16.3 Å². The van der Waals surface area contributed by atoms with Gasteiger partial charge < -0.3 is 0 Å². The van der Waals surface area contributed by atoms with E-state index in [1.165, 1.54) is 6.33 Å². The topological polar surface area (TPSA) is 56.5 Å². The minimum Gasteiger partial charge on any atom is -0.245 e. The van der Waals surface area contributed by atoms with Gasteiger partial charge in [0.15, 0.2) is 0 Å². The fraction of sp³-hybridized carbons (Fsp3) is 0.0667. The summed E-state index contributed by atoms with van der Waals surface area (Å²) in [5.41, 5.74) is 1.91. The van der Waals surface area contributed by atoms with Crippen LogP contribution in [-0.2, 0) is 6.54 Å². The molecule has 0 unspecified atom stereocenters. The first kappa shape index (κ1) is 13.5. The maximum atomic E-state index is 5.86. The van der Waals surface area contributed by atoms with Gasteiger partial charge in [0.05, 0.1) is 5.69 Å². The molecule has 0 bridgehead atoms. The van der Waals surface area contributed by atoms with Gasteiger partial charge in [0.1, 0.15) is 25.0 Å². The summed E-state index contributed by atoms with van der Waals surface area (Å²) in [6.45, 7) is 0.503. The third-order valence-electron chi connectivity index (χ3n) is 2.81. The molecule has 0 radical (unpaired) electrons. The summed E-state index contributed by atoms with van der Waals surface area (Å²) in [6, 6.07) is 9.48. The minimum atomic E-state index is 0.503. The van der Waals surface area contributed by atoms with E-state index < -0.39 is 0 Å². The highest BCUT2D eigenvalue weighted by Crippen LogP contribution is 2.12. The average Bonchev–Trinajstić information content (AvgIpc) is 3.00. The van der Waals surface area contributed by atoms with E-state index in [2.05, 4.69) is 20.1 Å². The van der Waals surface area contributed by atoms with Crippen LogP contribution in [0.25, 0.3) is 12.2 Å². The molecule has 3 aromatic rings. The quantitative estimate of drug-likeness (QED) is 0.743. The van der Waals surface area contributed by atoms with Crippen molar-refractivity contribution < 1.29 is 0 Å². The van der Waals surface area contributed by atoms with Gasteiger partial charge in [0, 0.05) is 11.2 Å². The van der Waals surface area contributed by atoms with Crippen molar-refractivity contribution in [2.45, 2.75) is 6.54 Å². The van der Waals surface area contributed by atoms with Gasteiger partial charge in [-0.25, -0.2) is 19.6 Å². The van der Waals surface area contributed by atoms with Crippen LogP contribution in [0.15, 0.2) is 49.2 Å². The number of halogens is 1. The molecule has 5 nitrogen and oxygen atoms in total. The Morgan fingerprint density at radius 1 is 1.10 bits per heavy atom. The Hall–Kier alpha value is -2.53. The summed E-state index contributed by atoms with van der Waals surface area (Å²) in [5.74, 6) is 0.693. The van der Waals surface area contributed by atoms with Crippen LogP contribution in [0.2, 0.25) is 5.02 Å². The standard InChI is InChI=1S/C15H12ClN5/c16-13-4-1-12(2-5-13)3-6-14-7-8-18-15(20-14)9-21-11-17-10-19-21/h1-8,10-11H,9H2/b6-3-. The summed E-state index contributed by atoms with van der Waals surface area (Å²) in [7, 11) is 0. The van der Waals surface area contributed by atoms with Crippen LogP contribution in [0, 0.1) is 0 Å². The monoisotopic (exact) mass is 297 g/mol. The third kappa shape index (κ3) is 3.73. The highest BCUT2D eigenvalue weighted by Gasteiger charge is 1.99. The van der Waals surface area contributed by atoms with Gasteiger partial charge in [-0.1, -0.05) is 29.8 Å². The first-order valence-corrected chi connectivity index (χ1v) is 6.75. The van der Waals surface area contributed by atoms with Crippen molar-refractivity contribution in [1.29, 1.82) is 0 Å². The molecule has 0 saturated heterocycles. The number of hydrogen-bond acceptors (Lipinski definition) is 4. The second-order valence-corrected chi connectivity index (χ2v) is 4.81. The van der Waals surface area contributed by atoms with Crippen LogP contribution in [0.5, 0.6) is 0 Å². The van der Waals surface area contributed by atoms with Crippen LogP contribution in [0.3, 0.4) is 0 Å². The van der Waals surface area contributed by atoms with E-state index >= 15 is 0 Å². The van der Waals surface area contributed by atoms with Crippen LogP contribution in [0.4, 0.5) is 0 Å². The molecule has 2 heterocycles. The van der Waals surface area contributed by atoms with Crippen molar-refractivity contribution in [3.63, 3.8) is 0 Å². The van der Waals surface area contributed by atoms with E-state index in [0.29, 0.717) is 12.4 Å². The lowest BCUT2D eigenvalue weighted by molar-refractivity contribution is 0.652. The number of rotatable bonds is 4. The molecule has 0 amide bonds. The van der Waals surface area contributed by atoms with E-state index in [4.69, 9.17) is 11.6 Å². The highest BCUT2D eigenvalue weighted by molar-refractivity contribution is 6.30. The molecule has 0 atom stereocenters. The van der Waals surface area contributed by atoms with Gasteiger partial charge in [-0.2, -0.15) is 5.10 Å². The summed E-state index contributed by atoms with van der Waals surface area (Å²) >= 11 is 5.86. The zero-order chi connectivity index (χ0) is 14.5. The molecular formula is C15H12ClN5. The second kappa shape index (κ2) is 6.28. The molecule has 0 aliphatic carbocycles. The lowest BCUT2D eigenvalue weighted by Gasteiger charge is -2.00. The molecule has 0 spiro atoms. The van der Waals surface area contributed by atoms with Crippen LogP contribution < -0.4 is 0 Å². The molecule has 6 heteroatoms. The Morgan fingerprint density at radius 2 is 1.95 bits per heavy atom. The van der Waals surface area contributed by atoms with Crippen LogP contribution in [-0.4, -0.2) is 24.7 Å². The molecule has 0 N–H and O–H groups in total. The van der Waals surface area contributed by atoms with E-state index in [1.54, 1.807) is 17.2 Å². The number of nitrogens with zero attached hydrogens (tertiary/aromatic N) is 5. The van der Waals surface area contributed by atoms with Crippen molar-refractivity contribution in [2.24, 2.45) is 0 Å². The highest BCUT2D eigenvalue weighted by atomic mass is 35.5. The van der Waals surface area contributed by atoms with Gasteiger partial charge in [-0.3, -0.25) is 0 Å². The Morgan fingerprint density at radius 3 is 2.71 bits per heavy atom. The molecule has 0 saturated carbocycles. The molecule has 3 rings (SSSR count). The Balaban J connectivity index is 1.75. The lowest BCUT2D eigenvalue weighted by atomic mass is 10.2. The molecule has 1 aromatic carbocycles. The predicted molar refractivity (Wildman–Crippen MR) is 81.5 cm³/mol. The molecule has 104 valence electrons. The minimum absolute atomic E-state index is 0.503. The summed E-state index contributed by atoms with van der Waals surface area (Å²) in [6.07, 6.45) is 8.79. The van der Waals surface area contributed by atoms with Crippen molar-refractivity contribution in [1.82, 2.24) is 24.7 Å². The van der Waals surface area contributed by atoms with Crippen molar-refractivity contribution >= 4 is 23.8 Å². The summed E-state index contributed by atoms with van der Waals surface area (Å²) in [4.78, 5) is 12.6. The van der Waals surface area contributed by atoms with Crippen molar-refractivity contribution in [2.75, 3.05) is 0 Å². The third-order valence-corrected chi connectivity index (χ3v) is 3.07. The second-order valence-electron chi connectivity index (χ2n) is 4.38. The SMILES string of the molecule is Clc1ccc(/C=C\c2ccnc(Cn3cncn3)n2)cc1. The van der Waals surface area contributed by atoms with Gasteiger partial charge in [-0.05, 0) is 29.8 Å². The van der Waals surface area contributed by atoms with Gasteiger partial charge >= 0.3 is 0 Å². The smallest absolute Gasteiger partial charge is 0.150 e. The van der Waals surface area contributed by atoms with Gasteiger partial charge in [0.25, 0.3) is 0 Å². The first-order valence-electron chi connectivity index (χ1n) is 6.37. The molecule has 0 aliphatic rings. The van der Waals surface area contributed by atoms with Crippen LogP contribution >= 0.6 is 11.6 Å². The zero-order valence-corrected chi connectivity index (χ0v) is 11.9. The number of benzene rings is 1. The summed E-state index contributed by atoms with van der Waals surface area (Å²) in [5, 5.41) is 4.76. The van der Waals surface area contributed by atoms with Crippen molar-refractivity contribution in [3.8, 4) is 0 Å². The normalized spacial score (nSPS) is 11.1. The van der Waals surface area contributed by atoms with E-state index in [1.807, 2.05) is 42.5 Å². The predicted octanol–water partition coefficient (Wildman–Crippen LogP) is 2.94. The van der Waals surface area contributed by atoms with Gasteiger partial charge in [0.2, 0.25) is 0 Å². The molecule has 2 aromatic heterocycles. The van der Waals surface area contributed by atoms with Gasteiger partial charge in [-0.15, -0.1) is 0 Å². The Bertz CT molecular complexity index is 735. The Kier molecular flexibility index (Phi) is 4.02. The molecular weight excluding hydrogens is 286 g/mol. The van der Waals surface area contributed by atoms with Crippen LogP contribution in [0.1, 0.15) is 17.1 Å². The number of hydrogen-bond donors (Lipinski definition) is 0. The first-order chi connectivity index (χ1) is 10.3.